The standard InChI is InChI=1S/C17H17NO4/c1-11-12(8-10-22-11)16(19)18-9-4-6-13-14(17(20)21-2)5-3-7-15(13)18/h3,5,7-8,10H,4,6,9H2,1-2H3. The van der Waals surface area contributed by atoms with Gasteiger partial charge in [0, 0.05) is 12.2 Å². The number of nitrogens with zero attached hydrogens (tertiary/aromatic N) is 1. The Hall–Kier alpha value is -2.56. The molecule has 22 heavy (non-hydrogen) atoms. The van der Waals surface area contributed by atoms with E-state index in [2.05, 4.69) is 0 Å². The van der Waals surface area contributed by atoms with Crippen molar-refractivity contribution in [1.82, 2.24) is 0 Å². The number of hydrogen-bond acceptors (Lipinski definition) is 4. The van der Waals surface area contributed by atoms with Gasteiger partial charge in [0.15, 0.2) is 0 Å². The minimum Gasteiger partial charge on any atom is -0.469 e. The van der Waals surface area contributed by atoms with Gasteiger partial charge in [0.1, 0.15) is 5.76 Å². The normalized spacial score (nSPS) is 13.6. The molecule has 2 heterocycles. The zero-order valence-corrected chi connectivity index (χ0v) is 12.6. The van der Waals surface area contributed by atoms with Gasteiger partial charge in [-0.25, -0.2) is 4.79 Å². The summed E-state index contributed by atoms with van der Waals surface area (Å²) in [6, 6.07) is 7.06. The van der Waals surface area contributed by atoms with Crippen LogP contribution in [0.2, 0.25) is 0 Å². The largest absolute Gasteiger partial charge is 0.469 e. The Morgan fingerprint density at radius 1 is 1.23 bits per heavy atom. The van der Waals surface area contributed by atoms with Crippen LogP contribution >= 0.6 is 0 Å². The predicted molar refractivity (Wildman–Crippen MR) is 81.2 cm³/mol. The molecule has 0 unspecified atom stereocenters. The second-order valence-electron chi connectivity index (χ2n) is 5.25. The first-order valence-corrected chi connectivity index (χ1v) is 7.19. The number of benzene rings is 1. The highest BCUT2D eigenvalue weighted by molar-refractivity contribution is 6.08. The molecule has 1 aliphatic heterocycles. The van der Waals surface area contributed by atoms with Crippen molar-refractivity contribution in [2.45, 2.75) is 19.8 Å². The number of ether oxygens (including phenoxy) is 1. The SMILES string of the molecule is COC(=O)c1cccc2c1CCCN2C(=O)c1ccoc1C. The van der Waals surface area contributed by atoms with Crippen LogP contribution in [0.5, 0.6) is 0 Å². The van der Waals surface area contributed by atoms with E-state index in [-0.39, 0.29) is 11.9 Å². The molecule has 1 amide bonds. The number of methoxy groups -OCH3 is 1. The van der Waals surface area contributed by atoms with Crippen LogP contribution in [0.15, 0.2) is 34.9 Å². The Morgan fingerprint density at radius 2 is 2.05 bits per heavy atom. The summed E-state index contributed by atoms with van der Waals surface area (Å²) in [5, 5.41) is 0. The third-order valence-corrected chi connectivity index (χ3v) is 3.99. The van der Waals surface area contributed by atoms with Gasteiger partial charge in [-0.05, 0) is 43.5 Å². The molecule has 0 aliphatic carbocycles. The number of furan rings is 1. The summed E-state index contributed by atoms with van der Waals surface area (Å²) in [5.41, 5.74) is 2.73. The lowest BCUT2D eigenvalue weighted by atomic mass is 9.95. The van der Waals surface area contributed by atoms with Crippen LogP contribution in [-0.4, -0.2) is 25.5 Å². The monoisotopic (exact) mass is 299 g/mol. The van der Waals surface area contributed by atoms with Gasteiger partial charge in [-0.1, -0.05) is 6.07 Å². The summed E-state index contributed by atoms with van der Waals surface area (Å²) in [6.07, 6.45) is 3.08. The Balaban J connectivity index is 2.04. The number of hydrogen-bond donors (Lipinski definition) is 0. The molecule has 2 aromatic rings. The van der Waals surface area contributed by atoms with Gasteiger partial charge in [-0.15, -0.1) is 0 Å². The summed E-state index contributed by atoms with van der Waals surface area (Å²) in [4.78, 5) is 26.4. The minimum atomic E-state index is -0.370. The fourth-order valence-electron chi connectivity index (χ4n) is 2.89. The summed E-state index contributed by atoms with van der Waals surface area (Å²) in [6.45, 7) is 2.39. The summed E-state index contributed by atoms with van der Waals surface area (Å²) < 4.78 is 10.1. The molecular weight excluding hydrogens is 282 g/mol. The van der Waals surface area contributed by atoms with Gasteiger partial charge in [0.05, 0.1) is 24.5 Å². The van der Waals surface area contributed by atoms with Crippen molar-refractivity contribution in [3.8, 4) is 0 Å². The molecule has 0 radical (unpaired) electrons. The average molecular weight is 299 g/mol. The van der Waals surface area contributed by atoms with Crippen molar-refractivity contribution in [2.24, 2.45) is 0 Å². The molecule has 3 rings (SSSR count). The number of carbonyl (C=O) groups is 2. The molecule has 1 aliphatic rings. The van der Waals surface area contributed by atoms with Crippen LogP contribution in [0.3, 0.4) is 0 Å². The number of rotatable bonds is 2. The van der Waals surface area contributed by atoms with E-state index in [9.17, 15) is 9.59 Å². The molecular formula is C17H17NO4. The summed E-state index contributed by atoms with van der Waals surface area (Å²) in [5.74, 6) is 0.126. The first-order chi connectivity index (χ1) is 10.6. The van der Waals surface area contributed by atoms with Crippen LogP contribution in [-0.2, 0) is 11.2 Å². The van der Waals surface area contributed by atoms with Crippen molar-refractivity contribution in [1.29, 1.82) is 0 Å². The van der Waals surface area contributed by atoms with E-state index in [0.29, 0.717) is 23.4 Å². The van der Waals surface area contributed by atoms with Crippen molar-refractivity contribution >= 4 is 17.6 Å². The molecule has 114 valence electrons. The van der Waals surface area contributed by atoms with Gasteiger partial charge in [0.25, 0.3) is 5.91 Å². The van der Waals surface area contributed by atoms with E-state index in [1.54, 1.807) is 30.0 Å². The van der Waals surface area contributed by atoms with Crippen molar-refractivity contribution in [3.05, 3.63) is 53.0 Å². The fourth-order valence-corrected chi connectivity index (χ4v) is 2.89. The van der Waals surface area contributed by atoms with Crippen molar-refractivity contribution in [2.75, 3.05) is 18.6 Å². The topological polar surface area (TPSA) is 59.8 Å². The van der Waals surface area contributed by atoms with Crippen LogP contribution in [0.4, 0.5) is 5.69 Å². The number of amides is 1. The van der Waals surface area contributed by atoms with Gasteiger partial charge >= 0.3 is 5.97 Å². The van der Waals surface area contributed by atoms with Crippen LogP contribution in [0, 0.1) is 6.92 Å². The number of aryl methyl sites for hydroxylation is 1. The van der Waals surface area contributed by atoms with Gasteiger partial charge in [-0.2, -0.15) is 0 Å². The maximum absolute atomic E-state index is 12.7. The second kappa shape index (κ2) is 5.67. The van der Waals surface area contributed by atoms with E-state index in [1.165, 1.54) is 13.4 Å². The van der Waals surface area contributed by atoms with Gasteiger partial charge < -0.3 is 14.1 Å². The third-order valence-electron chi connectivity index (χ3n) is 3.99. The Kier molecular flexibility index (Phi) is 3.71. The predicted octanol–water partition coefficient (Wildman–Crippen LogP) is 2.97. The summed E-state index contributed by atoms with van der Waals surface area (Å²) >= 11 is 0. The molecule has 1 aromatic heterocycles. The molecule has 0 bridgehead atoms. The highest BCUT2D eigenvalue weighted by Crippen LogP contribution is 2.31. The second-order valence-corrected chi connectivity index (χ2v) is 5.25. The summed E-state index contributed by atoms with van der Waals surface area (Å²) in [7, 11) is 1.36. The first kappa shape index (κ1) is 14.4. The Morgan fingerprint density at radius 3 is 2.73 bits per heavy atom. The average Bonchev–Trinajstić information content (AvgIpc) is 2.98. The molecule has 0 spiro atoms. The lowest BCUT2D eigenvalue weighted by Crippen LogP contribution is -2.36. The molecule has 0 atom stereocenters. The highest BCUT2D eigenvalue weighted by Gasteiger charge is 2.28. The Bertz CT molecular complexity index is 732. The third kappa shape index (κ3) is 2.28. The van der Waals surface area contributed by atoms with Crippen LogP contribution in [0.25, 0.3) is 0 Å². The van der Waals surface area contributed by atoms with E-state index < -0.39 is 0 Å². The maximum Gasteiger partial charge on any atom is 0.338 e. The molecule has 0 N–H and O–H groups in total. The first-order valence-electron chi connectivity index (χ1n) is 7.19. The van der Waals surface area contributed by atoms with Crippen LogP contribution < -0.4 is 4.90 Å². The lowest BCUT2D eigenvalue weighted by molar-refractivity contribution is 0.0599. The van der Waals surface area contributed by atoms with Gasteiger partial charge in [0.2, 0.25) is 0 Å². The minimum absolute atomic E-state index is 0.103. The fraction of sp³-hybridized carbons (Fsp3) is 0.294. The van der Waals surface area contributed by atoms with Crippen molar-refractivity contribution < 1.29 is 18.7 Å². The number of carbonyl (C=O) groups excluding carboxylic acids is 2. The molecule has 0 saturated heterocycles. The maximum atomic E-state index is 12.7. The van der Waals surface area contributed by atoms with Crippen LogP contribution in [0.1, 0.15) is 38.5 Å². The molecule has 5 heteroatoms. The number of anilines is 1. The number of fused-ring (bicyclic) bond motifs is 1. The van der Waals surface area contributed by atoms with Gasteiger partial charge in [-0.3, -0.25) is 4.79 Å². The lowest BCUT2D eigenvalue weighted by Gasteiger charge is -2.30. The van der Waals surface area contributed by atoms with E-state index in [4.69, 9.17) is 9.15 Å². The van der Waals surface area contributed by atoms with Crippen molar-refractivity contribution in [3.63, 3.8) is 0 Å². The molecule has 0 saturated carbocycles. The molecule has 1 aromatic carbocycles. The zero-order valence-electron chi connectivity index (χ0n) is 12.6. The smallest absolute Gasteiger partial charge is 0.338 e. The zero-order chi connectivity index (χ0) is 15.7. The quantitative estimate of drug-likeness (QED) is 0.800. The van der Waals surface area contributed by atoms with E-state index in [0.717, 1.165) is 24.1 Å². The molecule has 0 fully saturated rings. The molecule has 5 nitrogen and oxygen atoms in total. The highest BCUT2D eigenvalue weighted by atomic mass is 16.5. The van der Waals surface area contributed by atoms with E-state index in [1.807, 2.05) is 6.07 Å². The van der Waals surface area contributed by atoms with E-state index >= 15 is 0 Å². The Labute approximate surface area is 128 Å². The number of esters is 1.